The molecule has 0 unspecified atom stereocenters. The fourth-order valence-electron chi connectivity index (χ4n) is 8.43. The van der Waals surface area contributed by atoms with E-state index in [1.165, 1.54) is 270 Å². The third kappa shape index (κ3) is 34.3. The fourth-order valence-corrected chi connectivity index (χ4v) is 8.43. The zero-order valence-electron chi connectivity index (χ0n) is 37.8. The van der Waals surface area contributed by atoms with Crippen LogP contribution in [0.15, 0.2) is 24.3 Å². The Morgan fingerprint density at radius 3 is 0.909 bits per heavy atom. The van der Waals surface area contributed by atoms with Gasteiger partial charge in [0.2, 0.25) is 0 Å². The zero-order valence-corrected chi connectivity index (χ0v) is 37.8. The van der Waals surface area contributed by atoms with Gasteiger partial charge in [0, 0.05) is 18.8 Å². The molecule has 0 fully saturated rings. The third-order valence-corrected chi connectivity index (χ3v) is 12.2. The second kappa shape index (κ2) is 42.1. The van der Waals surface area contributed by atoms with E-state index in [0.717, 1.165) is 13.1 Å². The first-order valence-electron chi connectivity index (χ1n) is 25.2. The number of hydrogen-bond donors (Lipinski definition) is 0. The smallest absolute Gasteiger partial charge is 0.337 e. The molecule has 0 aliphatic heterocycles. The molecule has 0 aromatic heterocycles. The van der Waals surface area contributed by atoms with Gasteiger partial charge in [-0.15, -0.1) is 0 Å². The Labute approximate surface area is 345 Å². The van der Waals surface area contributed by atoms with Gasteiger partial charge in [-0.1, -0.05) is 264 Å². The number of carbonyl (C=O) groups excluding carboxylic acids is 1. The largest absolute Gasteiger partial charge is 0.465 e. The summed E-state index contributed by atoms with van der Waals surface area (Å²) < 4.78 is 5.02. The number of rotatable bonds is 44. The van der Waals surface area contributed by atoms with Crippen molar-refractivity contribution in [2.45, 2.75) is 271 Å². The minimum absolute atomic E-state index is 0.237. The lowest BCUT2D eigenvalue weighted by Crippen LogP contribution is -2.26. The summed E-state index contributed by atoms with van der Waals surface area (Å²) in [5.41, 5.74) is 1.84. The molecule has 1 rings (SSSR count). The van der Waals surface area contributed by atoms with Crippen LogP contribution in [0.2, 0.25) is 0 Å². The molecule has 0 atom stereocenters. The first-order valence-corrected chi connectivity index (χ1v) is 25.2. The number of benzene rings is 1. The molecular formula is C52H97NO2. The molecule has 0 bridgehead atoms. The maximum atomic E-state index is 12.2. The van der Waals surface area contributed by atoms with Crippen molar-refractivity contribution in [2.75, 3.05) is 25.1 Å². The van der Waals surface area contributed by atoms with Crippen molar-refractivity contribution in [1.29, 1.82) is 0 Å². The van der Waals surface area contributed by atoms with Crippen LogP contribution in [0.5, 0.6) is 0 Å². The normalized spacial score (nSPS) is 11.4. The van der Waals surface area contributed by atoms with Crippen molar-refractivity contribution in [2.24, 2.45) is 0 Å². The van der Waals surface area contributed by atoms with E-state index in [0.29, 0.717) is 5.56 Å². The van der Waals surface area contributed by atoms with Crippen LogP contribution < -0.4 is 4.90 Å². The molecule has 0 saturated carbocycles. The second-order valence-electron chi connectivity index (χ2n) is 17.5. The molecule has 0 N–H and O–H groups in total. The topological polar surface area (TPSA) is 29.5 Å². The summed E-state index contributed by atoms with van der Waals surface area (Å²) in [4.78, 5) is 14.8. The van der Waals surface area contributed by atoms with Crippen LogP contribution in [0.1, 0.15) is 281 Å². The number of anilines is 1. The Bertz CT molecular complexity index is 871. The van der Waals surface area contributed by atoms with Crippen molar-refractivity contribution in [3.63, 3.8) is 0 Å². The SMILES string of the molecule is CCCCCCCCCCCCCCCCCCCCCCN(CCCCCCCCCCCCCCCCCCCCCC)c1cccc(C(=O)OC)c1. The van der Waals surface area contributed by atoms with Crippen LogP contribution >= 0.6 is 0 Å². The maximum absolute atomic E-state index is 12.2. The number of hydrogen-bond acceptors (Lipinski definition) is 3. The average Bonchev–Trinajstić information content (AvgIpc) is 3.21. The predicted octanol–water partition coefficient (Wildman–Crippen LogP) is 17.9. The number of methoxy groups -OCH3 is 1. The van der Waals surface area contributed by atoms with Crippen LogP contribution in [0.4, 0.5) is 5.69 Å². The van der Waals surface area contributed by atoms with Gasteiger partial charge in [-0.25, -0.2) is 4.79 Å². The van der Waals surface area contributed by atoms with Gasteiger partial charge in [0.05, 0.1) is 12.7 Å². The quantitative estimate of drug-likeness (QED) is 0.0489. The predicted molar refractivity (Wildman–Crippen MR) is 246 cm³/mol. The molecule has 1 aromatic carbocycles. The van der Waals surface area contributed by atoms with E-state index in [9.17, 15) is 4.79 Å². The van der Waals surface area contributed by atoms with Crippen molar-refractivity contribution in [3.8, 4) is 0 Å². The molecule has 322 valence electrons. The highest BCUT2D eigenvalue weighted by atomic mass is 16.5. The molecule has 0 amide bonds. The van der Waals surface area contributed by atoms with E-state index in [4.69, 9.17) is 4.74 Å². The first kappa shape index (κ1) is 51.5. The summed E-state index contributed by atoms with van der Waals surface area (Å²) in [6.45, 7) is 6.78. The zero-order chi connectivity index (χ0) is 39.5. The molecular weight excluding hydrogens is 671 g/mol. The van der Waals surface area contributed by atoms with Gasteiger partial charge >= 0.3 is 5.97 Å². The Morgan fingerprint density at radius 2 is 0.655 bits per heavy atom. The van der Waals surface area contributed by atoms with Crippen molar-refractivity contribution in [1.82, 2.24) is 0 Å². The summed E-state index contributed by atoms with van der Waals surface area (Å²) in [7, 11) is 1.48. The van der Waals surface area contributed by atoms with Gasteiger partial charge in [0.1, 0.15) is 0 Å². The molecule has 0 aliphatic rings. The first-order chi connectivity index (χ1) is 27.2. The minimum atomic E-state index is -0.237. The van der Waals surface area contributed by atoms with Crippen molar-refractivity contribution in [3.05, 3.63) is 29.8 Å². The summed E-state index contributed by atoms with van der Waals surface area (Å²) in [6, 6.07) is 8.12. The van der Waals surface area contributed by atoms with E-state index < -0.39 is 0 Å². The molecule has 0 spiro atoms. The molecule has 0 heterocycles. The lowest BCUT2D eigenvalue weighted by atomic mass is 10.0. The standard InChI is InChI=1S/C52H97NO2/c1-4-6-8-10-12-14-16-18-20-22-24-26-28-30-32-34-36-38-40-42-47-53(51-46-44-45-50(49-51)52(54)55-3)48-43-41-39-37-35-33-31-29-27-25-23-21-19-17-15-13-11-9-7-5-2/h44-46,49H,4-43,47-48H2,1-3H3. The van der Waals surface area contributed by atoms with Crippen LogP contribution in [0.3, 0.4) is 0 Å². The molecule has 0 saturated heterocycles. The highest BCUT2D eigenvalue weighted by Crippen LogP contribution is 2.21. The fraction of sp³-hybridized carbons (Fsp3) is 0.865. The highest BCUT2D eigenvalue weighted by molar-refractivity contribution is 5.90. The average molecular weight is 768 g/mol. The lowest BCUT2D eigenvalue weighted by Gasteiger charge is -2.25. The Balaban J connectivity index is 2.08. The summed E-state index contributed by atoms with van der Waals surface area (Å²) in [6.07, 6.45) is 56.7. The molecule has 1 aromatic rings. The van der Waals surface area contributed by atoms with Crippen LogP contribution in [0, 0.1) is 0 Å². The Morgan fingerprint density at radius 1 is 0.400 bits per heavy atom. The van der Waals surface area contributed by atoms with Gasteiger partial charge in [0.25, 0.3) is 0 Å². The summed E-state index contributed by atoms with van der Waals surface area (Å²) >= 11 is 0. The summed E-state index contributed by atoms with van der Waals surface area (Å²) in [5.74, 6) is -0.237. The Kier molecular flexibility index (Phi) is 39.4. The molecule has 3 heteroatoms. The number of ether oxygens (including phenoxy) is 1. The molecule has 3 nitrogen and oxygen atoms in total. The van der Waals surface area contributed by atoms with Gasteiger partial charge in [-0.05, 0) is 31.0 Å². The third-order valence-electron chi connectivity index (χ3n) is 12.2. The van der Waals surface area contributed by atoms with Crippen molar-refractivity contribution >= 4 is 11.7 Å². The van der Waals surface area contributed by atoms with Gasteiger partial charge in [0.15, 0.2) is 0 Å². The van der Waals surface area contributed by atoms with Crippen LogP contribution in [-0.4, -0.2) is 26.2 Å². The van der Waals surface area contributed by atoms with Crippen LogP contribution in [0.25, 0.3) is 0 Å². The van der Waals surface area contributed by atoms with E-state index in [1.807, 2.05) is 18.2 Å². The number of carbonyl (C=O) groups is 1. The van der Waals surface area contributed by atoms with E-state index in [-0.39, 0.29) is 5.97 Å². The van der Waals surface area contributed by atoms with E-state index in [2.05, 4.69) is 24.8 Å². The van der Waals surface area contributed by atoms with Gasteiger partial charge in [-0.2, -0.15) is 0 Å². The number of nitrogens with zero attached hydrogens (tertiary/aromatic N) is 1. The number of esters is 1. The van der Waals surface area contributed by atoms with E-state index in [1.54, 1.807) is 0 Å². The van der Waals surface area contributed by atoms with Gasteiger partial charge < -0.3 is 9.64 Å². The minimum Gasteiger partial charge on any atom is -0.465 e. The highest BCUT2D eigenvalue weighted by Gasteiger charge is 2.11. The molecule has 55 heavy (non-hydrogen) atoms. The second-order valence-corrected chi connectivity index (χ2v) is 17.5. The van der Waals surface area contributed by atoms with Crippen LogP contribution in [-0.2, 0) is 4.74 Å². The molecule has 0 radical (unpaired) electrons. The summed E-state index contributed by atoms with van der Waals surface area (Å²) in [5, 5.41) is 0. The monoisotopic (exact) mass is 768 g/mol. The van der Waals surface area contributed by atoms with E-state index >= 15 is 0 Å². The van der Waals surface area contributed by atoms with Gasteiger partial charge in [-0.3, -0.25) is 0 Å². The Hall–Kier alpha value is -1.51. The molecule has 0 aliphatic carbocycles. The van der Waals surface area contributed by atoms with Crippen molar-refractivity contribution < 1.29 is 9.53 Å². The number of unbranched alkanes of at least 4 members (excludes halogenated alkanes) is 38. The maximum Gasteiger partial charge on any atom is 0.337 e. The lowest BCUT2D eigenvalue weighted by molar-refractivity contribution is 0.0600.